The van der Waals surface area contributed by atoms with Crippen LogP contribution in [0.15, 0.2) is 23.4 Å². The van der Waals surface area contributed by atoms with E-state index in [9.17, 15) is 4.39 Å². The normalized spacial score (nSPS) is 13.5. The first-order valence-electron chi connectivity index (χ1n) is 6.03. The molecule has 0 amide bonds. The zero-order valence-electron chi connectivity index (χ0n) is 11.1. The summed E-state index contributed by atoms with van der Waals surface area (Å²) in [7, 11) is 0. The van der Waals surface area contributed by atoms with Gasteiger partial charge in [0, 0.05) is 12.2 Å². The van der Waals surface area contributed by atoms with E-state index in [1.165, 1.54) is 12.1 Å². The number of hydrogen-bond acceptors (Lipinski definition) is 4. The van der Waals surface area contributed by atoms with Crippen LogP contribution in [0.1, 0.15) is 25.0 Å². The summed E-state index contributed by atoms with van der Waals surface area (Å²) in [6.07, 6.45) is -0.0875. The van der Waals surface area contributed by atoms with Gasteiger partial charge in [-0.15, -0.1) is 0 Å². The van der Waals surface area contributed by atoms with E-state index in [2.05, 4.69) is 5.16 Å². The summed E-state index contributed by atoms with van der Waals surface area (Å²) < 4.78 is 24.1. The summed E-state index contributed by atoms with van der Waals surface area (Å²) in [6, 6.07) is 4.16. The Morgan fingerprint density at radius 3 is 2.84 bits per heavy atom. The molecule has 1 rings (SSSR count). The lowest BCUT2D eigenvalue weighted by Gasteiger charge is -2.13. The lowest BCUT2D eigenvalue weighted by Crippen LogP contribution is -2.17. The molecule has 0 heterocycles. The Bertz CT molecular complexity index is 438. The fraction of sp³-hybridized carbons (Fsp3) is 0.462. The van der Waals surface area contributed by atoms with E-state index >= 15 is 0 Å². The maximum Gasteiger partial charge on any atom is 0.170 e. The third-order valence-electron chi connectivity index (χ3n) is 2.45. The number of benzene rings is 1. The predicted octanol–water partition coefficient (Wildman–Crippen LogP) is 1.86. The molecule has 0 aliphatic carbocycles. The monoisotopic (exact) mass is 270 g/mol. The van der Waals surface area contributed by atoms with E-state index in [1.54, 1.807) is 6.07 Å². The molecule has 19 heavy (non-hydrogen) atoms. The van der Waals surface area contributed by atoms with Crippen molar-refractivity contribution in [2.75, 3.05) is 13.2 Å². The highest BCUT2D eigenvalue weighted by Gasteiger charge is 2.07. The van der Waals surface area contributed by atoms with Crippen LogP contribution in [-0.2, 0) is 16.1 Å². The van der Waals surface area contributed by atoms with Gasteiger partial charge in [0.25, 0.3) is 0 Å². The van der Waals surface area contributed by atoms with Crippen LogP contribution in [0.2, 0.25) is 0 Å². The van der Waals surface area contributed by atoms with Crippen molar-refractivity contribution in [1.29, 1.82) is 0 Å². The van der Waals surface area contributed by atoms with Crippen molar-refractivity contribution in [3.8, 4) is 0 Å². The van der Waals surface area contributed by atoms with Crippen molar-refractivity contribution in [2.24, 2.45) is 10.9 Å². The molecule has 0 aliphatic heterocycles. The van der Waals surface area contributed by atoms with Crippen LogP contribution in [0.3, 0.4) is 0 Å². The van der Waals surface area contributed by atoms with Crippen molar-refractivity contribution < 1.29 is 19.1 Å². The van der Waals surface area contributed by atoms with Crippen LogP contribution in [0.5, 0.6) is 0 Å². The van der Waals surface area contributed by atoms with Crippen molar-refractivity contribution in [1.82, 2.24) is 0 Å². The molecule has 0 fully saturated rings. The van der Waals surface area contributed by atoms with Crippen LogP contribution in [0, 0.1) is 5.82 Å². The number of hydrogen-bond donors (Lipinski definition) is 2. The summed E-state index contributed by atoms with van der Waals surface area (Å²) in [6.45, 7) is 5.12. The van der Waals surface area contributed by atoms with Gasteiger partial charge in [-0.05, 0) is 37.6 Å². The van der Waals surface area contributed by atoms with Gasteiger partial charge < -0.3 is 20.4 Å². The molecule has 106 valence electrons. The van der Waals surface area contributed by atoms with Gasteiger partial charge in [-0.1, -0.05) is 5.16 Å². The largest absolute Gasteiger partial charge is 0.409 e. The van der Waals surface area contributed by atoms with Crippen molar-refractivity contribution in [2.45, 2.75) is 26.6 Å². The van der Waals surface area contributed by atoms with Crippen LogP contribution in [0.25, 0.3) is 0 Å². The Morgan fingerprint density at radius 2 is 2.21 bits per heavy atom. The fourth-order valence-corrected chi connectivity index (χ4v) is 1.51. The Hall–Kier alpha value is -1.66. The van der Waals surface area contributed by atoms with Crippen LogP contribution >= 0.6 is 0 Å². The zero-order chi connectivity index (χ0) is 14.3. The van der Waals surface area contributed by atoms with E-state index in [4.69, 9.17) is 20.4 Å². The minimum absolute atomic E-state index is 0.0875. The minimum Gasteiger partial charge on any atom is -0.409 e. The first-order valence-corrected chi connectivity index (χ1v) is 6.03. The van der Waals surface area contributed by atoms with Crippen molar-refractivity contribution in [3.05, 3.63) is 35.1 Å². The summed E-state index contributed by atoms with van der Waals surface area (Å²) in [5.74, 6) is -0.594. The summed E-state index contributed by atoms with van der Waals surface area (Å²) in [4.78, 5) is 0. The number of halogens is 1. The van der Waals surface area contributed by atoms with Gasteiger partial charge in [-0.25, -0.2) is 4.39 Å². The fourth-order valence-electron chi connectivity index (χ4n) is 1.51. The van der Waals surface area contributed by atoms with Gasteiger partial charge in [-0.3, -0.25) is 0 Å². The molecule has 1 aromatic carbocycles. The number of oxime groups is 1. The molecule has 0 radical (unpaired) electrons. The van der Waals surface area contributed by atoms with Crippen molar-refractivity contribution in [3.63, 3.8) is 0 Å². The average molecular weight is 270 g/mol. The molecule has 3 N–H and O–H groups in total. The summed E-state index contributed by atoms with van der Waals surface area (Å²) in [5, 5.41) is 11.4. The quantitative estimate of drug-likeness (QED) is 0.343. The Balaban J connectivity index is 2.66. The molecule has 6 heteroatoms. The number of nitrogens with zero attached hydrogens (tertiary/aromatic N) is 1. The van der Waals surface area contributed by atoms with E-state index in [1.807, 2.05) is 13.8 Å². The first kappa shape index (κ1) is 15.4. The topological polar surface area (TPSA) is 77.1 Å². The van der Waals surface area contributed by atoms with E-state index in [0.717, 1.165) is 0 Å². The Labute approximate surface area is 111 Å². The second-order valence-corrected chi connectivity index (χ2v) is 4.11. The lowest BCUT2D eigenvalue weighted by molar-refractivity contribution is -0.0117. The van der Waals surface area contributed by atoms with Gasteiger partial charge in [0.15, 0.2) is 5.84 Å². The van der Waals surface area contributed by atoms with Gasteiger partial charge in [0.1, 0.15) is 5.82 Å². The van der Waals surface area contributed by atoms with E-state index in [0.29, 0.717) is 24.3 Å². The standard InChI is InChI=1S/C13H19FN2O3/c1-3-18-7-9(2)19-8-10-4-11(13(15)16-17)6-12(14)5-10/h4-6,9,17H,3,7-8H2,1-2H3,(H2,15,16). The van der Waals surface area contributed by atoms with Crippen LogP contribution in [0.4, 0.5) is 4.39 Å². The summed E-state index contributed by atoms with van der Waals surface area (Å²) >= 11 is 0. The SMILES string of the molecule is CCOCC(C)OCc1cc(F)cc(/C(N)=N/O)c1. The average Bonchev–Trinajstić information content (AvgIpc) is 2.41. The second kappa shape index (κ2) is 7.70. The summed E-state index contributed by atoms with van der Waals surface area (Å²) in [5.41, 5.74) is 6.36. The molecule has 0 saturated heterocycles. The number of amidine groups is 1. The van der Waals surface area contributed by atoms with Gasteiger partial charge in [0.05, 0.1) is 19.3 Å². The van der Waals surface area contributed by atoms with Crippen molar-refractivity contribution >= 4 is 5.84 Å². The van der Waals surface area contributed by atoms with E-state index in [-0.39, 0.29) is 18.5 Å². The molecule has 1 atom stereocenters. The lowest BCUT2D eigenvalue weighted by atomic mass is 10.1. The smallest absolute Gasteiger partial charge is 0.170 e. The van der Waals surface area contributed by atoms with Gasteiger partial charge in [0.2, 0.25) is 0 Å². The van der Waals surface area contributed by atoms with E-state index < -0.39 is 5.82 Å². The molecular formula is C13H19FN2O3. The number of ether oxygens (including phenoxy) is 2. The molecule has 0 saturated carbocycles. The highest BCUT2D eigenvalue weighted by Crippen LogP contribution is 2.11. The predicted molar refractivity (Wildman–Crippen MR) is 69.7 cm³/mol. The van der Waals surface area contributed by atoms with Crippen LogP contribution in [-0.4, -0.2) is 30.4 Å². The maximum atomic E-state index is 13.4. The van der Waals surface area contributed by atoms with Crippen LogP contribution < -0.4 is 5.73 Å². The molecular weight excluding hydrogens is 251 g/mol. The minimum atomic E-state index is -0.458. The molecule has 1 aromatic rings. The Morgan fingerprint density at radius 1 is 1.47 bits per heavy atom. The van der Waals surface area contributed by atoms with Gasteiger partial charge >= 0.3 is 0 Å². The molecule has 0 aromatic heterocycles. The zero-order valence-corrected chi connectivity index (χ0v) is 11.1. The molecule has 0 aliphatic rings. The Kier molecular flexibility index (Phi) is 6.24. The number of rotatable bonds is 7. The third kappa shape index (κ3) is 5.23. The molecule has 1 unspecified atom stereocenters. The third-order valence-corrected chi connectivity index (χ3v) is 2.45. The highest BCUT2D eigenvalue weighted by atomic mass is 19.1. The highest BCUT2D eigenvalue weighted by molar-refractivity contribution is 5.97. The maximum absolute atomic E-state index is 13.4. The second-order valence-electron chi connectivity index (χ2n) is 4.11. The molecule has 0 bridgehead atoms. The molecule has 0 spiro atoms. The van der Waals surface area contributed by atoms with Gasteiger partial charge in [-0.2, -0.15) is 0 Å². The first-order chi connectivity index (χ1) is 9.06. The number of nitrogens with two attached hydrogens (primary N) is 1. The molecule has 5 nitrogen and oxygen atoms in total.